The fourth-order valence-electron chi connectivity index (χ4n) is 2.66. The van der Waals surface area contributed by atoms with Crippen molar-refractivity contribution >= 4 is 27.3 Å². The molecule has 0 bridgehead atoms. The molecule has 3 rings (SSSR count). The first-order valence-electron chi connectivity index (χ1n) is 7.58. The fraction of sp³-hybridized carbons (Fsp3) is 0.294. The maximum Gasteiger partial charge on any atom is 0.261 e. The van der Waals surface area contributed by atoms with Crippen molar-refractivity contribution in [2.24, 2.45) is 0 Å². The lowest BCUT2D eigenvalue weighted by molar-refractivity contribution is 0.210. The van der Waals surface area contributed by atoms with Crippen molar-refractivity contribution in [3.8, 4) is 5.75 Å². The standard InChI is InChI=1S/C17H18ClNO3S/c18-13-4-3-5-14(12-13)19-23(20,21)17-10-8-16(9-11-17)22-15-6-1-2-7-15/h3-5,8-12,15,19H,1-2,6-7H2. The van der Waals surface area contributed by atoms with E-state index in [0.717, 1.165) is 12.8 Å². The Bertz CT molecular complexity index is 769. The van der Waals surface area contributed by atoms with E-state index in [4.69, 9.17) is 16.3 Å². The van der Waals surface area contributed by atoms with Crippen LogP contribution in [0.4, 0.5) is 5.69 Å². The second-order valence-electron chi connectivity index (χ2n) is 5.61. The van der Waals surface area contributed by atoms with Gasteiger partial charge in [0.25, 0.3) is 10.0 Å². The van der Waals surface area contributed by atoms with Crippen molar-refractivity contribution in [2.75, 3.05) is 4.72 Å². The number of rotatable bonds is 5. The number of anilines is 1. The van der Waals surface area contributed by atoms with Gasteiger partial charge >= 0.3 is 0 Å². The molecule has 1 fully saturated rings. The summed E-state index contributed by atoms with van der Waals surface area (Å²) in [5.41, 5.74) is 0.434. The highest BCUT2D eigenvalue weighted by molar-refractivity contribution is 7.92. The molecule has 0 saturated heterocycles. The Morgan fingerprint density at radius 3 is 2.39 bits per heavy atom. The molecule has 1 aliphatic carbocycles. The van der Waals surface area contributed by atoms with Crippen LogP contribution in [0.3, 0.4) is 0 Å². The summed E-state index contributed by atoms with van der Waals surface area (Å²) in [5.74, 6) is 0.707. The molecule has 1 N–H and O–H groups in total. The third kappa shape index (κ3) is 4.18. The summed E-state index contributed by atoms with van der Waals surface area (Å²) < 4.78 is 33.1. The summed E-state index contributed by atoms with van der Waals surface area (Å²) in [7, 11) is -3.64. The van der Waals surface area contributed by atoms with Crippen molar-refractivity contribution < 1.29 is 13.2 Å². The predicted molar refractivity (Wildman–Crippen MR) is 91.6 cm³/mol. The second-order valence-corrected chi connectivity index (χ2v) is 7.73. The van der Waals surface area contributed by atoms with E-state index in [0.29, 0.717) is 16.5 Å². The molecule has 0 spiro atoms. The van der Waals surface area contributed by atoms with Crippen LogP contribution in [0.15, 0.2) is 53.4 Å². The zero-order chi connectivity index (χ0) is 16.3. The van der Waals surface area contributed by atoms with Gasteiger partial charge in [0, 0.05) is 5.02 Å². The molecule has 23 heavy (non-hydrogen) atoms. The molecular weight excluding hydrogens is 334 g/mol. The Labute approximate surface area is 141 Å². The first-order chi connectivity index (χ1) is 11.0. The van der Waals surface area contributed by atoms with Crippen LogP contribution in [-0.2, 0) is 10.0 Å². The van der Waals surface area contributed by atoms with Gasteiger partial charge in [0.05, 0.1) is 16.7 Å². The molecule has 1 saturated carbocycles. The molecule has 0 heterocycles. The summed E-state index contributed by atoms with van der Waals surface area (Å²) in [5, 5.41) is 0.477. The third-order valence-electron chi connectivity index (χ3n) is 3.82. The zero-order valence-electron chi connectivity index (χ0n) is 12.5. The average molecular weight is 352 g/mol. The van der Waals surface area contributed by atoms with Crippen LogP contribution in [0, 0.1) is 0 Å². The van der Waals surface area contributed by atoms with Crippen molar-refractivity contribution in [2.45, 2.75) is 36.7 Å². The van der Waals surface area contributed by atoms with Gasteiger partial charge in [-0.15, -0.1) is 0 Å². The van der Waals surface area contributed by atoms with E-state index in [1.807, 2.05) is 0 Å². The Balaban J connectivity index is 1.72. The molecular formula is C17H18ClNO3S. The number of nitrogens with one attached hydrogen (secondary N) is 1. The van der Waals surface area contributed by atoms with Crippen LogP contribution in [0.25, 0.3) is 0 Å². The number of sulfonamides is 1. The summed E-state index contributed by atoms with van der Waals surface area (Å²) in [6.07, 6.45) is 4.77. The molecule has 6 heteroatoms. The summed E-state index contributed by atoms with van der Waals surface area (Å²) in [6, 6.07) is 13.1. The van der Waals surface area contributed by atoms with Gasteiger partial charge in [-0.05, 0) is 68.1 Å². The summed E-state index contributed by atoms with van der Waals surface area (Å²) >= 11 is 5.87. The van der Waals surface area contributed by atoms with Gasteiger partial charge in [-0.2, -0.15) is 0 Å². The fourth-order valence-corrected chi connectivity index (χ4v) is 3.90. The molecule has 0 unspecified atom stereocenters. The SMILES string of the molecule is O=S(=O)(Nc1cccc(Cl)c1)c1ccc(OC2CCCC2)cc1. The summed E-state index contributed by atoms with van der Waals surface area (Å²) in [6.45, 7) is 0. The lowest BCUT2D eigenvalue weighted by Crippen LogP contribution is -2.13. The van der Waals surface area contributed by atoms with Gasteiger partial charge in [0.2, 0.25) is 0 Å². The van der Waals surface area contributed by atoms with Crippen molar-refractivity contribution in [1.29, 1.82) is 0 Å². The molecule has 0 aromatic heterocycles. The Morgan fingerprint density at radius 1 is 1.04 bits per heavy atom. The molecule has 0 radical (unpaired) electrons. The minimum absolute atomic E-state index is 0.191. The van der Waals surface area contributed by atoms with Gasteiger partial charge in [0.15, 0.2) is 0 Å². The van der Waals surface area contributed by atoms with E-state index in [-0.39, 0.29) is 11.0 Å². The number of benzene rings is 2. The van der Waals surface area contributed by atoms with Gasteiger partial charge in [-0.25, -0.2) is 8.42 Å². The first kappa shape index (κ1) is 16.1. The van der Waals surface area contributed by atoms with Gasteiger partial charge in [-0.1, -0.05) is 17.7 Å². The normalized spacial score (nSPS) is 15.5. The van der Waals surface area contributed by atoms with Crippen molar-refractivity contribution in [3.63, 3.8) is 0 Å². The minimum Gasteiger partial charge on any atom is -0.490 e. The maximum absolute atomic E-state index is 12.4. The minimum atomic E-state index is -3.64. The topological polar surface area (TPSA) is 55.4 Å². The Hall–Kier alpha value is -1.72. The van der Waals surface area contributed by atoms with E-state index in [2.05, 4.69) is 4.72 Å². The van der Waals surface area contributed by atoms with Gasteiger partial charge < -0.3 is 4.74 Å². The lowest BCUT2D eigenvalue weighted by Gasteiger charge is -2.13. The number of hydrogen-bond acceptors (Lipinski definition) is 3. The molecule has 1 aliphatic rings. The van der Waals surface area contributed by atoms with E-state index >= 15 is 0 Å². The van der Waals surface area contributed by atoms with Crippen LogP contribution in [-0.4, -0.2) is 14.5 Å². The Kier molecular flexibility index (Phi) is 4.78. The third-order valence-corrected chi connectivity index (χ3v) is 5.45. The molecule has 122 valence electrons. The second kappa shape index (κ2) is 6.81. The highest BCUT2D eigenvalue weighted by atomic mass is 35.5. The maximum atomic E-state index is 12.4. The van der Waals surface area contributed by atoms with Crippen LogP contribution in [0.2, 0.25) is 5.02 Å². The summed E-state index contributed by atoms with van der Waals surface area (Å²) in [4.78, 5) is 0.191. The number of hydrogen-bond donors (Lipinski definition) is 1. The largest absolute Gasteiger partial charge is 0.490 e. The van der Waals surface area contributed by atoms with Crippen LogP contribution in [0.5, 0.6) is 5.75 Å². The van der Waals surface area contributed by atoms with Crippen LogP contribution >= 0.6 is 11.6 Å². The van der Waals surface area contributed by atoms with Crippen molar-refractivity contribution in [3.05, 3.63) is 53.6 Å². The highest BCUT2D eigenvalue weighted by Gasteiger charge is 2.18. The number of halogens is 1. The van der Waals surface area contributed by atoms with E-state index in [1.54, 1.807) is 48.5 Å². The Morgan fingerprint density at radius 2 is 1.74 bits per heavy atom. The van der Waals surface area contributed by atoms with E-state index in [1.165, 1.54) is 12.8 Å². The zero-order valence-corrected chi connectivity index (χ0v) is 14.1. The first-order valence-corrected chi connectivity index (χ1v) is 9.44. The van der Waals surface area contributed by atoms with E-state index in [9.17, 15) is 8.42 Å². The molecule has 0 aliphatic heterocycles. The van der Waals surface area contributed by atoms with Crippen LogP contribution < -0.4 is 9.46 Å². The smallest absolute Gasteiger partial charge is 0.261 e. The molecule has 2 aromatic rings. The number of ether oxygens (including phenoxy) is 1. The van der Waals surface area contributed by atoms with E-state index < -0.39 is 10.0 Å². The van der Waals surface area contributed by atoms with Gasteiger partial charge in [0.1, 0.15) is 5.75 Å². The monoisotopic (exact) mass is 351 g/mol. The molecule has 0 atom stereocenters. The lowest BCUT2D eigenvalue weighted by atomic mass is 10.3. The molecule has 4 nitrogen and oxygen atoms in total. The predicted octanol–water partition coefficient (Wildman–Crippen LogP) is 4.46. The molecule has 2 aromatic carbocycles. The van der Waals surface area contributed by atoms with Crippen molar-refractivity contribution in [1.82, 2.24) is 0 Å². The quantitative estimate of drug-likeness (QED) is 0.865. The van der Waals surface area contributed by atoms with Gasteiger partial charge in [-0.3, -0.25) is 4.72 Å². The van der Waals surface area contributed by atoms with Crippen LogP contribution in [0.1, 0.15) is 25.7 Å². The highest BCUT2D eigenvalue weighted by Crippen LogP contribution is 2.25. The average Bonchev–Trinajstić information content (AvgIpc) is 3.00. The molecule has 0 amide bonds.